The van der Waals surface area contributed by atoms with Crippen molar-refractivity contribution >= 4 is 11.6 Å². The molecule has 0 bridgehead atoms. The van der Waals surface area contributed by atoms with Gasteiger partial charge in [-0.3, -0.25) is 0 Å². The van der Waals surface area contributed by atoms with Gasteiger partial charge in [-0.15, -0.1) is 0 Å². The molecule has 0 aromatic carbocycles. The fourth-order valence-corrected chi connectivity index (χ4v) is 2.02. The van der Waals surface area contributed by atoms with Crippen molar-refractivity contribution in [1.29, 1.82) is 0 Å². The van der Waals surface area contributed by atoms with Crippen LogP contribution in [-0.4, -0.2) is 30.2 Å². The minimum absolute atomic E-state index is 0.434. The Bertz CT molecular complexity index is 396. The zero-order valence-electron chi connectivity index (χ0n) is 13.9. The monoisotopic (exact) mass is 294 g/mol. The lowest BCUT2D eigenvalue weighted by Crippen LogP contribution is -2.10. The molecule has 2 N–H and O–H groups in total. The van der Waals surface area contributed by atoms with Gasteiger partial charge >= 0.3 is 0 Å². The number of aromatic nitrogens is 2. The molecule has 0 radical (unpaired) electrons. The molecular formula is C16H30N4O. The number of anilines is 2. The molecule has 21 heavy (non-hydrogen) atoms. The van der Waals surface area contributed by atoms with Gasteiger partial charge in [-0.2, -0.15) is 0 Å². The Balaban J connectivity index is 2.52. The summed E-state index contributed by atoms with van der Waals surface area (Å²) in [5.74, 6) is 3.23. The molecule has 0 saturated heterocycles. The first-order chi connectivity index (χ1) is 10.2. The topological polar surface area (TPSA) is 59.1 Å². The van der Waals surface area contributed by atoms with E-state index in [0.29, 0.717) is 12.4 Å². The third kappa shape index (κ3) is 7.85. The van der Waals surface area contributed by atoms with Crippen LogP contribution in [0.25, 0.3) is 0 Å². The first-order valence-corrected chi connectivity index (χ1v) is 8.00. The van der Waals surface area contributed by atoms with E-state index >= 15 is 0 Å². The number of hydrogen-bond donors (Lipinski definition) is 2. The lowest BCUT2D eigenvalue weighted by Gasteiger charge is -2.11. The Labute approximate surface area is 128 Å². The molecule has 0 unspecified atom stereocenters. The highest BCUT2D eigenvalue weighted by Gasteiger charge is 2.04. The van der Waals surface area contributed by atoms with Crippen molar-refractivity contribution in [3.63, 3.8) is 0 Å². The summed E-state index contributed by atoms with van der Waals surface area (Å²) >= 11 is 0. The van der Waals surface area contributed by atoms with Gasteiger partial charge in [-0.05, 0) is 18.8 Å². The average molecular weight is 294 g/mol. The molecule has 1 heterocycles. The number of methoxy groups -OCH3 is 1. The molecule has 5 heteroatoms. The van der Waals surface area contributed by atoms with Crippen molar-refractivity contribution in [3.05, 3.63) is 11.9 Å². The summed E-state index contributed by atoms with van der Waals surface area (Å²) in [5.41, 5.74) is 0. The van der Waals surface area contributed by atoms with Crippen molar-refractivity contribution in [2.45, 2.75) is 53.1 Å². The third-order valence-corrected chi connectivity index (χ3v) is 3.12. The van der Waals surface area contributed by atoms with Gasteiger partial charge in [-0.25, -0.2) is 9.97 Å². The van der Waals surface area contributed by atoms with Crippen molar-refractivity contribution in [2.24, 2.45) is 5.92 Å². The van der Waals surface area contributed by atoms with Crippen LogP contribution in [0.5, 0.6) is 0 Å². The van der Waals surface area contributed by atoms with Crippen molar-refractivity contribution in [2.75, 3.05) is 30.8 Å². The lowest BCUT2D eigenvalue weighted by molar-refractivity contribution is 0.178. The first-order valence-electron chi connectivity index (χ1n) is 8.00. The van der Waals surface area contributed by atoms with Gasteiger partial charge in [0.25, 0.3) is 0 Å². The van der Waals surface area contributed by atoms with Crippen molar-refractivity contribution < 1.29 is 4.74 Å². The van der Waals surface area contributed by atoms with Gasteiger partial charge in [0, 0.05) is 26.3 Å². The SMILES string of the molecule is CCCNc1cc(NCCCCC(C)C)nc(COC)n1. The van der Waals surface area contributed by atoms with Gasteiger partial charge in [0.15, 0.2) is 5.82 Å². The molecule has 0 aliphatic carbocycles. The molecule has 1 aromatic heterocycles. The molecule has 0 atom stereocenters. The second-order valence-corrected chi connectivity index (χ2v) is 5.73. The zero-order chi connectivity index (χ0) is 15.5. The van der Waals surface area contributed by atoms with E-state index in [0.717, 1.165) is 37.1 Å². The van der Waals surface area contributed by atoms with Gasteiger partial charge < -0.3 is 15.4 Å². The Hall–Kier alpha value is -1.36. The lowest BCUT2D eigenvalue weighted by atomic mass is 10.1. The summed E-state index contributed by atoms with van der Waals surface area (Å²) in [4.78, 5) is 8.92. The summed E-state index contributed by atoms with van der Waals surface area (Å²) in [6.45, 7) is 8.96. The van der Waals surface area contributed by atoms with Gasteiger partial charge in [0.1, 0.15) is 18.2 Å². The second-order valence-electron chi connectivity index (χ2n) is 5.73. The molecule has 1 rings (SSSR count). The summed E-state index contributed by atoms with van der Waals surface area (Å²) in [6.07, 6.45) is 4.77. The molecule has 0 spiro atoms. The molecular weight excluding hydrogens is 264 g/mol. The largest absolute Gasteiger partial charge is 0.377 e. The van der Waals surface area contributed by atoms with Crippen LogP contribution in [0.3, 0.4) is 0 Å². The van der Waals surface area contributed by atoms with Crippen LogP contribution in [0.2, 0.25) is 0 Å². The van der Waals surface area contributed by atoms with Crippen LogP contribution in [0.15, 0.2) is 6.07 Å². The zero-order valence-corrected chi connectivity index (χ0v) is 13.9. The summed E-state index contributed by atoms with van der Waals surface area (Å²) in [7, 11) is 1.66. The minimum atomic E-state index is 0.434. The quantitative estimate of drug-likeness (QED) is 0.610. The highest BCUT2D eigenvalue weighted by molar-refractivity contribution is 5.47. The summed E-state index contributed by atoms with van der Waals surface area (Å²) in [5, 5.41) is 6.69. The van der Waals surface area contributed by atoms with E-state index in [-0.39, 0.29) is 0 Å². The maximum Gasteiger partial charge on any atom is 0.158 e. The maximum atomic E-state index is 5.13. The highest BCUT2D eigenvalue weighted by atomic mass is 16.5. The fraction of sp³-hybridized carbons (Fsp3) is 0.750. The Morgan fingerprint density at radius 1 is 1.10 bits per heavy atom. The second kappa shape index (κ2) is 10.4. The van der Waals surface area contributed by atoms with Gasteiger partial charge in [-0.1, -0.05) is 33.6 Å². The Morgan fingerprint density at radius 3 is 2.33 bits per heavy atom. The number of unbranched alkanes of at least 4 members (excludes halogenated alkanes) is 1. The molecule has 120 valence electrons. The molecule has 1 aromatic rings. The third-order valence-electron chi connectivity index (χ3n) is 3.12. The first kappa shape index (κ1) is 17.7. The number of rotatable bonds is 11. The van der Waals surface area contributed by atoms with Crippen LogP contribution in [0.4, 0.5) is 11.6 Å². The standard InChI is InChI=1S/C16H30N4O/c1-5-9-17-14-11-15(20-16(19-14)12-21-4)18-10-7-6-8-13(2)3/h11,13H,5-10,12H2,1-4H3,(H2,17,18,19,20). The predicted molar refractivity (Wildman–Crippen MR) is 88.7 cm³/mol. The Kier molecular flexibility index (Phi) is 8.74. The molecule has 0 aliphatic rings. The summed E-state index contributed by atoms with van der Waals surface area (Å²) in [6, 6.07) is 1.97. The predicted octanol–water partition coefficient (Wildman–Crippen LogP) is 3.68. The van der Waals surface area contributed by atoms with Crippen LogP contribution in [0.1, 0.15) is 52.3 Å². The number of nitrogens with zero attached hydrogens (tertiary/aromatic N) is 2. The van der Waals surface area contributed by atoms with E-state index in [2.05, 4.69) is 41.4 Å². The highest BCUT2D eigenvalue weighted by Crippen LogP contribution is 2.13. The van der Waals surface area contributed by atoms with Gasteiger partial charge in [0.05, 0.1) is 0 Å². The number of ether oxygens (including phenoxy) is 1. The van der Waals surface area contributed by atoms with E-state index in [1.807, 2.05) is 6.07 Å². The molecule has 5 nitrogen and oxygen atoms in total. The minimum Gasteiger partial charge on any atom is -0.377 e. The van der Waals surface area contributed by atoms with E-state index < -0.39 is 0 Å². The van der Waals surface area contributed by atoms with Gasteiger partial charge in [0.2, 0.25) is 0 Å². The van der Waals surface area contributed by atoms with E-state index in [9.17, 15) is 0 Å². The van der Waals surface area contributed by atoms with E-state index in [4.69, 9.17) is 4.74 Å². The van der Waals surface area contributed by atoms with Crippen molar-refractivity contribution in [1.82, 2.24) is 9.97 Å². The normalized spacial score (nSPS) is 10.9. The maximum absolute atomic E-state index is 5.13. The van der Waals surface area contributed by atoms with Crippen molar-refractivity contribution in [3.8, 4) is 0 Å². The van der Waals surface area contributed by atoms with Crippen LogP contribution >= 0.6 is 0 Å². The van der Waals surface area contributed by atoms with E-state index in [1.54, 1.807) is 7.11 Å². The van der Waals surface area contributed by atoms with E-state index in [1.165, 1.54) is 19.3 Å². The molecule has 0 amide bonds. The number of hydrogen-bond acceptors (Lipinski definition) is 5. The molecule has 0 saturated carbocycles. The van der Waals surface area contributed by atoms with Crippen LogP contribution in [-0.2, 0) is 11.3 Å². The summed E-state index contributed by atoms with van der Waals surface area (Å²) < 4.78 is 5.13. The number of nitrogens with one attached hydrogen (secondary N) is 2. The fourth-order valence-electron chi connectivity index (χ4n) is 2.02. The van der Waals surface area contributed by atoms with Crippen LogP contribution < -0.4 is 10.6 Å². The smallest absolute Gasteiger partial charge is 0.158 e. The Morgan fingerprint density at radius 2 is 1.76 bits per heavy atom. The molecule has 0 fully saturated rings. The van der Waals surface area contributed by atoms with Crippen LogP contribution in [0, 0.1) is 5.92 Å². The molecule has 0 aliphatic heterocycles. The average Bonchev–Trinajstić information content (AvgIpc) is 2.44.